The standard InChI is InChI=1S/C16H20N4O3/c1-22-12-5-7-13(8-6-12)23-11-16(21)17-10-15-19-18-14-4-2-3-9-20(14)15/h5-8H,2-4,9-11H2,1H3,(H,17,21). The number of methoxy groups -OCH3 is 1. The van der Waals surface area contributed by atoms with Gasteiger partial charge in [0.05, 0.1) is 13.7 Å². The number of nitrogens with one attached hydrogen (secondary N) is 1. The summed E-state index contributed by atoms with van der Waals surface area (Å²) in [5, 5.41) is 11.1. The van der Waals surface area contributed by atoms with Crippen molar-refractivity contribution in [3.05, 3.63) is 35.9 Å². The molecule has 2 aromatic rings. The van der Waals surface area contributed by atoms with E-state index >= 15 is 0 Å². The number of aryl methyl sites for hydroxylation is 1. The van der Waals surface area contributed by atoms with Crippen LogP contribution in [0.4, 0.5) is 0 Å². The SMILES string of the molecule is COc1ccc(OCC(=O)NCc2nnc3n2CCCC3)cc1. The summed E-state index contributed by atoms with van der Waals surface area (Å²) in [5.41, 5.74) is 0. The van der Waals surface area contributed by atoms with Crippen LogP contribution in [-0.2, 0) is 24.3 Å². The minimum Gasteiger partial charge on any atom is -0.497 e. The molecule has 0 bridgehead atoms. The van der Waals surface area contributed by atoms with Crippen LogP contribution < -0.4 is 14.8 Å². The van der Waals surface area contributed by atoms with Crippen LogP contribution >= 0.6 is 0 Å². The quantitative estimate of drug-likeness (QED) is 0.869. The van der Waals surface area contributed by atoms with Crippen molar-refractivity contribution in [1.29, 1.82) is 0 Å². The first-order chi connectivity index (χ1) is 11.3. The maximum absolute atomic E-state index is 11.9. The molecule has 0 saturated heterocycles. The van der Waals surface area contributed by atoms with Crippen molar-refractivity contribution < 1.29 is 14.3 Å². The Kier molecular flexibility index (Phi) is 4.75. The zero-order valence-corrected chi connectivity index (χ0v) is 13.1. The van der Waals surface area contributed by atoms with Gasteiger partial charge in [-0.2, -0.15) is 0 Å². The van der Waals surface area contributed by atoms with Crippen LogP contribution in [0, 0.1) is 0 Å². The Morgan fingerprint density at radius 1 is 1.22 bits per heavy atom. The molecule has 0 saturated carbocycles. The van der Waals surface area contributed by atoms with Gasteiger partial charge >= 0.3 is 0 Å². The molecule has 122 valence electrons. The molecule has 0 radical (unpaired) electrons. The van der Waals surface area contributed by atoms with Crippen molar-refractivity contribution in [3.63, 3.8) is 0 Å². The summed E-state index contributed by atoms with van der Waals surface area (Å²) >= 11 is 0. The summed E-state index contributed by atoms with van der Waals surface area (Å²) in [6.45, 7) is 1.26. The van der Waals surface area contributed by atoms with Crippen LogP contribution in [0.5, 0.6) is 11.5 Å². The van der Waals surface area contributed by atoms with Gasteiger partial charge in [0.2, 0.25) is 0 Å². The number of ether oxygens (including phenoxy) is 2. The number of rotatable bonds is 6. The highest BCUT2D eigenvalue weighted by molar-refractivity contribution is 5.77. The zero-order chi connectivity index (χ0) is 16.1. The fourth-order valence-electron chi connectivity index (χ4n) is 2.55. The molecule has 1 amide bonds. The van der Waals surface area contributed by atoms with Crippen molar-refractivity contribution >= 4 is 5.91 Å². The minimum absolute atomic E-state index is 0.0344. The van der Waals surface area contributed by atoms with Gasteiger partial charge in [0.15, 0.2) is 12.4 Å². The number of hydrogen-bond donors (Lipinski definition) is 1. The van der Waals surface area contributed by atoms with E-state index in [0.29, 0.717) is 12.3 Å². The lowest BCUT2D eigenvalue weighted by Gasteiger charge is -2.15. The topological polar surface area (TPSA) is 78.3 Å². The van der Waals surface area contributed by atoms with Crippen molar-refractivity contribution in [2.24, 2.45) is 0 Å². The number of nitrogens with zero attached hydrogens (tertiary/aromatic N) is 3. The molecule has 0 fully saturated rings. The highest BCUT2D eigenvalue weighted by Gasteiger charge is 2.16. The van der Waals surface area contributed by atoms with Crippen molar-refractivity contribution in [2.75, 3.05) is 13.7 Å². The fraction of sp³-hybridized carbons (Fsp3) is 0.438. The van der Waals surface area contributed by atoms with Crippen molar-refractivity contribution in [1.82, 2.24) is 20.1 Å². The maximum Gasteiger partial charge on any atom is 0.258 e. The highest BCUT2D eigenvalue weighted by Crippen LogP contribution is 2.17. The molecule has 0 unspecified atom stereocenters. The Bertz CT molecular complexity index is 666. The van der Waals surface area contributed by atoms with E-state index in [1.807, 2.05) is 0 Å². The molecule has 1 N–H and O–H groups in total. The Labute approximate surface area is 134 Å². The van der Waals surface area contributed by atoms with Gasteiger partial charge in [-0.05, 0) is 37.1 Å². The van der Waals surface area contributed by atoms with Gasteiger partial charge in [-0.25, -0.2) is 0 Å². The molecule has 0 spiro atoms. The molecule has 1 aliphatic heterocycles. The second-order valence-corrected chi connectivity index (χ2v) is 5.38. The van der Waals surface area contributed by atoms with E-state index in [1.165, 1.54) is 0 Å². The van der Waals surface area contributed by atoms with Gasteiger partial charge in [0.1, 0.15) is 17.3 Å². The van der Waals surface area contributed by atoms with Gasteiger partial charge in [-0.3, -0.25) is 4.79 Å². The van der Waals surface area contributed by atoms with E-state index in [4.69, 9.17) is 9.47 Å². The van der Waals surface area contributed by atoms with E-state index in [-0.39, 0.29) is 12.5 Å². The van der Waals surface area contributed by atoms with Crippen LogP contribution in [0.15, 0.2) is 24.3 Å². The van der Waals surface area contributed by atoms with Crippen molar-refractivity contribution in [3.8, 4) is 11.5 Å². The predicted octanol–water partition coefficient (Wildman–Crippen LogP) is 1.32. The summed E-state index contributed by atoms with van der Waals surface area (Å²) in [7, 11) is 1.60. The third kappa shape index (κ3) is 3.80. The summed E-state index contributed by atoms with van der Waals surface area (Å²) in [5.74, 6) is 3.00. The van der Waals surface area contributed by atoms with E-state index in [1.54, 1.807) is 31.4 Å². The lowest BCUT2D eigenvalue weighted by molar-refractivity contribution is -0.123. The predicted molar refractivity (Wildman–Crippen MR) is 83.3 cm³/mol. The lowest BCUT2D eigenvalue weighted by Crippen LogP contribution is -2.30. The Hall–Kier alpha value is -2.57. The third-order valence-electron chi connectivity index (χ3n) is 3.81. The molecule has 1 aliphatic rings. The number of aromatic nitrogens is 3. The molecule has 0 aliphatic carbocycles. The molecule has 7 nitrogen and oxygen atoms in total. The first-order valence-electron chi connectivity index (χ1n) is 7.71. The third-order valence-corrected chi connectivity index (χ3v) is 3.81. The molecule has 7 heteroatoms. The molecule has 1 aromatic carbocycles. The number of carbonyl (C=O) groups excluding carboxylic acids is 1. The molecule has 3 rings (SSSR count). The van der Waals surface area contributed by atoms with E-state index in [9.17, 15) is 4.79 Å². The highest BCUT2D eigenvalue weighted by atomic mass is 16.5. The van der Waals surface area contributed by atoms with E-state index in [0.717, 1.165) is 43.2 Å². The summed E-state index contributed by atoms with van der Waals surface area (Å²) < 4.78 is 12.6. The number of fused-ring (bicyclic) bond motifs is 1. The molecular formula is C16H20N4O3. The monoisotopic (exact) mass is 316 g/mol. The van der Waals surface area contributed by atoms with Gasteiger partial charge in [0, 0.05) is 13.0 Å². The first-order valence-corrected chi connectivity index (χ1v) is 7.71. The van der Waals surface area contributed by atoms with Crippen LogP contribution in [0.2, 0.25) is 0 Å². The first kappa shape index (κ1) is 15.3. The fourth-order valence-corrected chi connectivity index (χ4v) is 2.55. The van der Waals surface area contributed by atoms with Crippen LogP contribution in [0.1, 0.15) is 24.5 Å². The van der Waals surface area contributed by atoms with Gasteiger partial charge in [0.25, 0.3) is 5.91 Å². The van der Waals surface area contributed by atoms with Gasteiger partial charge in [-0.1, -0.05) is 0 Å². The van der Waals surface area contributed by atoms with Gasteiger partial charge < -0.3 is 19.4 Å². The second kappa shape index (κ2) is 7.13. The number of benzene rings is 1. The second-order valence-electron chi connectivity index (χ2n) is 5.38. The van der Waals surface area contributed by atoms with Gasteiger partial charge in [-0.15, -0.1) is 10.2 Å². The largest absolute Gasteiger partial charge is 0.497 e. The smallest absolute Gasteiger partial charge is 0.258 e. The molecule has 1 aromatic heterocycles. The number of carbonyl (C=O) groups is 1. The number of hydrogen-bond acceptors (Lipinski definition) is 5. The van der Waals surface area contributed by atoms with E-state index in [2.05, 4.69) is 20.1 Å². The minimum atomic E-state index is -0.186. The average molecular weight is 316 g/mol. The Morgan fingerprint density at radius 3 is 2.78 bits per heavy atom. The normalized spacial score (nSPS) is 13.3. The Morgan fingerprint density at radius 2 is 2.00 bits per heavy atom. The van der Waals surface area contributed by atoms with Crippen LogP contribution in [-0.4, -0.2) is 34.4 Å². The van der Waals surface area contributed by atoms with Crippen molar-refractivity contribution in [2.45, 2.75) is 32.4 Å². The number of amides is 1. The maximum atomic E-state index is 11.9. The van der Waals surface area contributed by atoms with E-state index < -0.39 is 0 Å². The summed E-state index contributed by atoms with van der Waals surface area (Å²) in [6, 6.07) is 7.10. The average Bonchev–Trinajstić information content (AvgIpc) is 3.02. The lowest BCUT2D eigenvalue weighted by atomic mass is 10.2. The summed E-state index contributed by atoms with van der Waals surface area (Å²) in [4.78, 5) is 11.9. The molecular weight excluding hydrogens is 296 g/mol. The van der Waals surface area contributed by atoms with Crippen LogP contribution in [0.3, 0.4) is 0 Å². The molecule has 0 atom stereocenters. The molecule has 23 heavy (non-hydrogen) atoms. The Balaban J connectivity index is 1.47. The molecule has 2 heterocycles. The van der Waals surface area contributed by atoms with Crippen LogP contribution in [0.25, 0.3) is 0 Å². The zero-order valence-electron chi connectivity index (χ0n) is 13.1. The summed E-state index contributed by atoms with van der Waals surface area (Å²) in [6.07, 6.45) is 3.24.